The number of aldehydes is 1. The molecule has 0 N–H and O–H groups in total. The molecule has 28 heavy (non-hydrogen) atoms. The quantitative estimate of drug-likeness (QED) is 0.323. The molecule has 2 aliphatic heterocycles. The fraction of sp³-hybridized carbons (Fsp3) is 0.278. The maximum Gasteiger partial charge on any atom is 0.286 e. The molecule has 0 fully saturated rings. The molecule has 1 atom stereocenters. The van der Waals surface area contributed by atoms with E-state index < -0.39 is 22.6 Å². The lowest BCUT2D eigenvalue weighted by Gasteiger charge is -2.19. The van der Waals surface area contributed by atoms with Crippen LogP contribution in [-0.2, 0) is 9.59 Å². The largest absolute Gasteiger partial charge is 0.454 e. The monoisotopic (exact) mass is 387 g/mol. The van der Waals surface area contributed by atoms with Gasteiger partial charge in [0.2, 0.25) is 12.7 Å². The fourth-order valence-electron chi connectivity index (χ4n) is 2.82. The Balaban J connectivity index is 1.93. The number of allylic oxidation sites excluding steroid dienone is 1. The van der Waals surface area contributed by atoms with Crippen LogP contribution in [0.25, 0.3) is 0 Å². The zero-order valence-corrected chi connectivity index (χ0v) is 15.2. The topological polar surface area (TPSA) is 119 Å². The number of nitrogens with zero attached hydrogens (tertiary/aromatic N) is 3. The number of hydrogen-bond donors (Lipinski definition) is 0. The van der Waals surface area contributed by atoms with Crippen molar-refractivity contribution in [3.8, 4) is 11.5 Å². The first-order valence-corrected chi connectivity index (χ1v) is 8.28. The van der Waals surface area contributed by atoms with E-state index in [1.165, 1.54) is 29.3 Å². The van der Waals surface area contributed by atoms with Crippen LogP contribution in [0.5, 0.6) is 11.5 Å². The molecule has 0 radical (unpaired) electrons. The Hall–Kier alpha value is -3.69. The van der Waals surface area contributed by atoms with E-state index in [2.05, 4.69) is 0 Å². The van der Waals surface area contributed by atoms with Crippen molar-refractivity contribution in [2.24, 2.45) is 0 Å². The van der Waals surface area contributed by atoms with Gasteiger partial charge in [-0.15, -0.1) is 0 Å². The first-order chi connectivity index (χ1) is 13.3. The van der Waals surface area contributed by atoms with Crippen LogP contribution in [0, 0.1) is 10.1 Å². The van der Waals surface area contributed by atoms with E-state index >= 15 is 0 Å². The van der Waals surface area contributed by atoms with Crippen molar-refractivity contribution in [3.63, 3.8) is 0 Å². The smallest absolute Gasteiger partial charge is 0.286 e. The summed E-state index contributed by atoms with van der Waals surface area (Å²) >= 11 is 0. The maximum atomic E-state index is 13.0. The van der Waals surface area contributed by atoms with E-state index in [0.717, 1.165) is 11.0 Å². The summed E-state index contributed by atoms with van der Waals surface area (Å²) in [6.07, 6.45) is 5.03. The summed E-state index contributed by atoms with van der Waals surface area (Å²) in [5.41, 5.74) is -0.0879. The molecule has 0 spiro atoms. The number of likely N-dealkylation sites (N-methyl/N-ethyl adjacent to an activating group) is 1. The number of hydrogen-bond acceptors (Lipinski definition) is 7. The number of amides is 2. The normalized spacial score (nSPS) is 17.6. The van der Waals surface area contributed by atoms with Crippen LogP contribution in [0.2, 0.25) is 0 Å². The minimum Gasteiger partial charge on any atom is -0.454 e. The Labute approximate surface area is 159 Å². The predicted molar refractivity (Wildman–Crippen MR) is 95.8 cm³/mol. The van der Waals surface area contributed by atoms with Crippen LogP contribution in [-0.4, -0.2) is 59.8 Å². The van der Waals surface area contributed by atoms with Gasteiger partial charge >= 0.3 is 0 Å². The number of carbonyl (C=O) groups excluding carboxylic acids is 3. The molecular weight excluding hydrogens is 370 g/mol. The highest BCUT2D eigenvalue weighted by molar-refractivity contribution is 6.01. The molecule has 0 bridgehead atoms. The second kappa shape index (κ2) is 7.51. The molecule has 1 aromatic carbocycles. The number of nitro benzene ring substituents is 1. The van der Waals surface area contributed by atoms with Crippen LogP contribution < -0.4 is 9.47 Å². The lowest BCUT2D eigenvalue weighted by molar-refractivity contribution is -0.385. The van der Waals surface area contributed by atoms with Crippen molar-refractivity contribution in [1.29, 1.82) is 0 Å². The summed E-state index contributed by atoms with van der Waals surface area (Å²) in [6.45, 7) is -0.0977. The minimum atomic E-state index is -0.827. The van der Waals surface area contributed by atoms with Crippen LogP contribution >= 0.6 is 0 Å². The maximum absolute atomic E-state index is 13.0. The summed E-state index contributed by atoms with van der Waals surface area (Å²) in [7, 11) is 3.19. The molecule has 0 aliphatic carbocycles. The zero-order chi connectivity index (χ0) is 20.4. The summed E-state index contributed by atoms with van der Waals surface area (Å²) in [4.78, 5) is 49.3. The van der Waals surface area contributed by atoms with Crippen LogP contribution in [0.15, 0.2) is 36.1 Å². The second-order valence-electron chi connectivity index (χ2n) is 6.37. The number of fused-ring (bicyclic) bond motifs is 1. The summed E-state index contributed by atoms with van der Waals surface area (Å²) in [5.74, 6) is -0.571. The molecule has 0 saturated heterocycles. The van der Waals surface area contributed by atoms with Gasteiger partial charge in [-0.3, -0.25) is 19.7 Å². The molecule has 1 aromatic rings. The number of carbonyl (C=O) groups is 3. The van der Waals surface area contributed by atoms with Crippen LogP contribution in [0.4, 0.5) is 5.69 Å². The number of nitro groups is 1. The highest BCUT2D eigenvalue weighted by atomic mass is 16.7. The highest BCUT2D eigenvalue weighted by Crippen LogP contribution is 2.39. The summed E-state index contributed by atoms with van der Waals surface area (Å²) in [5, 5.41) is 11.4. The van der Waals surface area contributed by atoms with Crippen molar-refractivity contribution in [3.05, 3.63) is 51.7 Å². The third-order valence-electron chi connectivity index (χ3n) is 4.30. The van der Waals surface area contributed by atoms with E-state index in [-0.39, 0.29) is 36.2 Å². The van der Waals surface area contributed by atoms with Gasteiger partial charge in [-0.2, -0.15) is 0 Å². The Morgan fingerprint density at radius 2 is 1.96 bits per heavy atom. The average molecular weight is 387 g/mol. The number of benzene rings is 1. The Morgan fingerprint density at radius 3 is 2.57 bits per heavy atom. The average Bonchev–Trinajstić information content (AvgIpc) is 3.30. The van der Waals surface area contributed by atoms with Crippen LogP contribution in [0.1, 0.15) is 16.8 Å². The second-order valence-corrected chi connectivity index (χ2v) is 6.37. The highest BCUT2D eigenvalue weighted by Gasteiger charge is 2.34. The van der Waals surface area contributed by atoms with E-state index in [0.29, 0.717) is 11.9 Å². The van der Waals surface area contributed by atoms with Gasteiger partial charge in [-0.05, 0) is 5.57 Å². The Bertz CT molecular complexity index is 920. The van der Waals surface area contributed by atoms with Gasteiger partial charge in [0.05, 0.1) is 17.0 Å². The predicted octanol–water partition coefficient (Wildman–Crippen LogP) is 1.27. The van der Waals surface area contributed by atoms with Crippen molar-refractivity contribution in [2.75, 3.05) is 20.9 Å². The van der Waals surface area contributed by atoms with Gasteiger partial charge < -0.3 is 24.1 Å². The Kier molecular flexibility index (Phi) is 5.12. The summed E-state index contributed by atoms with van der Waals surface area (Å²) in [6, 6.07) is 1.54. The number of rotatable bonds is 5. The molecule has 10 nitrogen and oxygen atoms in total. The first-order valence-electron chi connectivity index (χ1n) is 8.28. The molecule has 0 saturated carbocycles. The lowest BCUT2D eigenvalue weighted by Crippen LogP contribution is -2.34. The molecule has 3 rings (SSSR count). The van der Waals surface area contributed by atoms with Crippen molar-refractivity contribution in [1.82, 2.24) is 9.80 Å². The molecule has 146 valence electrons. The fourth-order valence-corrected chi connectivity index (χ4v) is 2.82. The van der Waals surface area contributed by atoms with Crippen LogP contribution in [0.3, 0.4) is 0 Å². The summed E-state index contributed by atoms with van der Waals surface area (Å²) < 4.78 is 10.3. The molecule has 2 aliphatic rings. The van der Waals surface area contributed by atoms with Crippen molar-refractivity contribution >= 4 is 23.8 Å². The Morgan fingerprint density at radius 1 is 1.29 bits per heavy atom. The van der Waals surface area contributed by atoms with Gasteiger partial charge in [0.1, 0.15) is 11.8 Å². The van der Waals surface area contributed by atoms with Crippen molar-refractivity contribution in [2.45, 2.75) is 12.5 Å². The van der Waals surface area contributed by atoms with E-state index in [9.17, 15) is 24.5 Å². The van der Waals surface area contributed by atoms with E-state index in [1.807, 2.05) is 0 Å². The van der Waals surface area contributed by atoms with Gasteiger partial charge in [-0.1, -0.05) is 6.08 Å². The molecule has 10 heteroatoms. The van der Waals surface area contributed by atoms with Gasteiger partial charge in [-0.25, -0.2) is 0 Å². The van der Waals surface area contributed by atoms with Gasteiger partial charge in [0.15, 0.2) is 11.5 Å². The standard InChI is InChI=1S/C18H17N3O7/c1-19(2)17(23)4-3-11-5-12(9-22)20(8-11)18(24)13-6-15-16(28-10-27-15)7-14(13)21(25)26/h3-4,6-9,12H,5,10H2,1-2H3/b4-3+/t12-/m0/s1. The van der Waals surface area contributed by atoms with E-state index in [1.54, 1.807) is 14.1 Å². The SMILES string of the molecule is CN(C)C(=O)/C=C/C1=CN(C(=O)c2cc3c(cc2[N+](=O)[O-])OCO3)[C@H](C=O)C1. The molecule has 2 heterocycles. The zero-order valence-electron chi connectivity index (χ0n) is 15.2. The molecular formula is C18H17N3O7. The molecule has 0 aromatic heterocycles. The molecule has 2 amide bonds. The third-order valence-corrected chi connectivity index (χ3v) is 4.30. The van der Waals surface area contributed by atoms with E-state index in [4.69, 9.17) is 9.47 Å². The minimum absolute atomic E-state index is 0.0977. The van der Waals surface area contributed by atoms with Gasteiger partial charge in [0, 0.05) is 38.9 Å². The third kappa shape index (κ3) is 3.56. The number of ether oxygens (including phenoxy) is 2. The van der Waals surface area contributed by atoms with Crippen molar-refractivity contribution < 1.29 is 28.8 Å². The van der Waals surface area contributed by atoms with Gasteiger partial charge in [0.25, 0.3) is 11.6 Å². The lowest BCUT2D eigenvalue weighted by atomic mass is 10.1. The first kappa shape index (κ1) is 19.1. The molecule has 0 unspecified atom stereocenters.